The highest BCUT2D eigenvalue weighted by Gasteiger charge is 2.27. The molecule has 26 heavy (non-hydrogen) atoms. The third-order valence-electron chi connectivity index (χ3n) is 4.31. The van der Waals surface area contributed by atoms with Gasteiger partial charge in [0.25, 0.3) is 0 Å². The summed E-state index contributed by atoms with van der Waals surface area (Å²) in [6, 6.07) is 6.97. The largest absolute Gasteiger partial charge is 0.462 e. The fraction of sp³-hybridized carbons (Fsp3) is 0.368. The van der Waals surface area contributed by atoms with Crippen molar-refractivity contribution in [3.05, 3.63) is 45.8 Å². The Hall–Kier alpha value is -2.54. The Morgan fingerprint density at radius 3 is 2.65 bits per heavy atom. The maximum atomic E-state index is 12.4. The van der Waals surface area contributed by atoms with Gasteiger partial charge in [-0.3, -0.25) is 5.32 Å². The summed E-state index contributed by atoms with van der Waals surface area (Å²) >= 11 is 1.48. The number of benzene rings is 1. The number of fused-ring (bicyclic) bond motifs is 1. The monoisotopic (exact) mass is 373 g/mol. The van der Waals surface area contributed by atoms with Gasteiger partial charge in [-0.2, -0.15) is 0 Å². The Morgan fingerprint density at radius 2 is 1.92 bits per heavy atom. The standard InChI is InChI=1S/C19H23N3O3S/c1-2-25-18(23)16-14-5-3-4-6-15(14)26-17(16)22-19(24)21-11-12-7-9-13(20)10-8-12/h7-10H,2-6,11,20H2,1H3,(H2,21,22,24). The summed E-state index contributed by atoms with van der Waals surface area (Å²) in [6.07, 6.45) is 3.97. The summed E-state index contributed by atoms with van der Waals surface area (Å²) in [5, 5.41) is 6.21. The lowest BCUT2D eigenvalue weighted by Crippen LogP contribution is -2.28. The molecule has 1 aliphatic carbocycles. The first-order valence-corrected chi connectivity index (χ1v) is 9.61. The average Bonchev–Trinajstić information content (AvgIpc) is 2.99. The third-order valence-corrected chi connectivity index (χ3v) is 5.52. The van der Waals surface area contributed by atoms with Crippen LogP contribution in [0.4, 0.5) is 15.5 Å². The van der Waals surface area contributed by atoms with Gasteiger partial charge in [0, 0.05) is 17.1 Å². The van der Waals surface area contributed by atoms with E-state index in [0.717, 1.165) is 36.8 Å². The Bertz CT molecular complexity index is 799. The molecule has 0 unspecified atom stereocenters. The summed E-state index contributed by atoms with van der Waals surface area (Å²) < 4.78 is 5.20. The van der Waals surface area contributed by atoms with Crippen molar-refractivity contribution >= 4 is 34.0 Å². The van der Waals surface area contributed by atoms with E-state index in [9.17, 15) is 9.59 Å². The van der Waals surface area contributed by atoms with Crippen molar-refractivity contribution in [1.82, 2.24) is 5.32 Å². The number of hydrogen-bond acceptors (Lipinski definition) is 5. The van der Waals surface area contributed by atoms with Gasteiger partial charge in [0.1, 0.15) is 5.00 Å². The Balaban J connectivity index is 1.71. The molecule has 1 aromatic heterocycles. The van der Waals surface area contributed by atoms with Crippen LogP contribution in [0, 0.1) is 0 Å². The number of nitrogens with two attached hydrogens (primary N) is 1. The van der Waals surface area contributed by atoms with Crippen molar-refractivity contribution in [2.75, 3.05) is 17.7 Å². The normalized spacial score (nSPS) is 13.0. The van der Waals surface area contributed by atoms with Gasteiger partial charge in [-0.05, 0) is 55.9 Å². The Kier molecular flexibility index (Phi) is 5.78. The zero-order valence-electron chi connectivity index (χ0n) is 14.8. The first-order chi connectivity index (χ1) is 12.6. The van der Waals surface area contributed by atoms with Crippen LogP contribution < -0.4 is 16.4 Å². The SMILES string of the molecule is CCOC(=O)c1c(NC(=O)NCc2ccc(N)cc2)sc2c1CCCC2. The second kappa shape index (κ2) is 8.23. The van der Waals surface area contributed by atoms with Crippen molar-refractivity contribution in [3.8, 4) is 0 Å². The van der Waals surface area contributed by atoms with E-state index < -0.39 is 0 Å². The van der Waals surface area contributed by atoms with Crippen LogP contribution in [0.3, 0.4) is 0 Å². The van der Waals surface area contributed by atoms with Gasteiger partial charge in [-0.15, -0.1) is 11.3 Å². The van der Waals surface area contributed by atoms with E-state index in [1.807, 2.05) is 12.1 Å². The van der Waals surface area contributed by atoms with Gasteiger partial charge in [-0.1, -0.05) is 12.1 Å². The molecule has 0 atom stereocenters. The molecule has 0 aliphatic heterocycles. The summed E-state index contributed by atoms with van der Waals surface area (Å²) in [5.74, 6) is -0.360. The maximum absolute atomic E-state index is 12.4. The molecule has 3 rings (SSSR count). The minimum Gasteiger partial charge on any atom is -0.462 e. The molecule has 0 fully saturated rings. The topological polar surface area (TPSA) is 93.4 Å². The van der Waals surface area contributed by atoms with Crippen molar-refractivity contribution in [2.24, 2.45) is 0 Å². The van der Waals surface area contributed by atoms with Crippen LogP contribution >= 0.6 is 11.3 Å². The van der Waals surface area contributed by atoms with Gasteiger partial charge in [0.2, 0.25) is 0 Å². The number of amides is 2. The molecular formula is C19H23N3O3S. The van der Waals surface area contributed by atoms with E-state index in [4.69, 9.17) is 10.5 Å². The van der Waals surface area contributed by atoms with Crippen LogP contribution in [0.25, 0.3) is 0 Å². The first kappa shape index (κ1) is 18.3. The van der Waals surface area contributed by atoms with Crippen LogP contribution in [0.5, 0.6) is 0 Å². The average molecular weight is 373 g/mol. The molecule has 1 aliphatic rings. The smallest absolute Gasteiger partial charge is 0.341 e. The van der Waals surface area contributed by atoms with Crippen molar-refractivity contribution in [2.45, 2.75) is 39.2 Å². The lowest BCUT2D eigenvalue weighted by Gasteiger charge is -2.12. The number of ether oxygens (including phenoxy) is 1. The van der Waals surface area contributed by atoms with Gasteiger partial charge in [0.15, 0.2) is 0 Å². The van der Waals surface area contributed by atoms with E-state index in [-0.39, 0.29) is 12.0 Å². The number of urea groups is 1. The number of nitrogen functional groups attached to an aromatic ring is 1. The van der Waals surface area contributed by atoms with Crippen LogP contribution in [0.2, 0.25) is 0 Å². The molecule has 0 saturated heterocycles. The molecule has 0 bridgehead atoms. The summed E-state index contributed by atoms with van der Waals surface area (Å²) in [5.41, 5.74) is 8.85. The van der Waals surface area contributed by atoms with Gasteiger partial charge in [-0.25, -0.2) is 9.59 Å². The predicted octanol–water partition coefficient (Wildman–Crippen LogP) is 3.71. The Morgan fingerprint density at radius 1 is 1.19 bits per heavy atom. The van der Waals surface area contributed by atoms with Gasteiger partial charge < -0.3 is 15.8 Å². The number of esters is 1. The molecule has 138 valence electrons. The van der Waals surface area contributed by atoms with E-state index in [0.29, 0.717) is 29.4 Å². The minimum absolute atomic E-state index is 0.312. The van der Waals surface area contributed by atoms with Gasteiger partial charge >= 0.3 is 12.0 Å². The fourth-order valence-corrected chi connectivity index (χ4v) is 4.31. The van der Waals surface area contributed by atoms with E-state index in [2.05, 4.69) is 10.6 Å². The second-order valence-corrected chi connectivity index (χ2v) is 7.29. The highest BCUT2D eigenvalue weighted by Crippen LogP contribution is 2.38. The van der Waals surface area contributed by atoms with Crippen LogP contribution in [0.1, 0.15) is 46.1 Å². The number of anilines is 2. The molecule has 7 heteroatoms. The Labute approximate surface area is 156 Å². The van der Waals surface area contributed by atoms with E-state index >= 15 is 0 Å². The predicted molar refractivity (Wildman–Crippen MR) is 104 cm³/mol. The van der Waals surface area contributed by atoms with Crippen LogP contribution in [-0.4, -0.2) is 18.6 Å². The quantitative estimate of drug-likeness (QED) is 0.550. The van der Waals surface area contributed by atoms with Crippen molar-refractivity contribution in [1.29, 1.82) is 0 Å². The summed E-state index contributed by atoms with van der Waals surface area (Å²) in [7, 11) is 0. The number of hydrogen-bond donors (Lipinski definition) is 3. The molecular weight excluding hydrogens is 350 g/mol. The molecule has 2 amide bonds. The van der Waals surface area contributed by atoms with Crippen molar-refractivity contribution < 1.29 is 14.3 Å². The van der Waals surface area contributed by atoms with E-state index in [1.54, 1.807) is 19.1 Å². The molecule has 4 N–H and O–H groups in total. The van der Waals surface area contributed by atoms with Gasteiger partial charge in [0.05, 0.1) is 12.2 Å². The van der Waals surface area contributed by atoms with Crippen molar-refractivity contribution in [3.63, 3.8) is 0 Å². The zero-order valence-corrected chi connectivity index (χ0v) is 15.6. The molecule has 0 saturated carbocycles. The molecule has 1 aromatic carbocycles. The molecule has 6 nitrogen and oxygen atoms in total. The third kappa shape index (κ3) is 4.16. The highest BCUT2D eigenvalue weighted by molar-refractivity contribution is 7.17. The lowest BCUT2D eigenvalue weighted by atomic mass is 9.95. The second-order valence-electron chi connectivity index (χ2n) is 6.18. The number of thiophene rings is 1. The fourth-order valence-electron chi connectivity index (χ4n) is 3.04. The summed E-state index contributed by atoms with van der Waals surface area (Å²) in [6.45, 7) is 2.47. The van der Waals surface area contributed by atoms with Crippen LogP contribution in [0.15, 0.2) is 24.3 Å². The number of carbonyl (C=O) groups is 2. The lowest BCUT2D eigenvalue weighted by molar-refractivity contribution is 0.0526. The molecule has 0 spiro atoms. The first-order valence-electron chi connectivity index (χ1n) is 8.79. The molecule has 0 radical (unpaired) electrons. The van der Waals surface area contributed by atoms with E-state index in [1.165, 1.54) is 16.2 Å². The van der Waals surface area contributed by atoms with Crippen LogP contribution in [-0.2, 0) is 24.1 Å². The minimum atomic E-state index is -0.360. The molecule has 1 heterocycles. The highest BCUT2D eigenvalue weighted by atomic mass is 32.1. The number of rotatable bonds is 5. The maximum Gasteiger partial charge on any atom is 0.341 e. The molecule has 2 aromatic rings. The zero-order chi connectivity index (χ0) is 18.5. The number of nitrogens with one attached hydrogen (secondary N) is 2. The number of carbonyl (C=O) groups excluding carboxylic acids is 2. The summed E-state index contributed by atoms with van der Waals surface area (Å²) in [4.78, 5) is 25.9. The number of aryl methyl sites for hydroxylation is 1.